The summed E-state index contributed by atoms with van der Waals surface area (Å²) >= 11 is 0. The van der Waals surface area contributed by atoms with Gasteiger partial charge in [-0.15, -0.1) is 0 Å². The molecule has 2 aliphatic rings. The normalized spacial score (nSPS) is 15.1. The van der Waals surface area contributed by atoms with Gasteiger partial charge in [-0.05, 0) is 36.5 Å². The van der Waals surface area contributed by atoms with E-state index in [9.17, 15) is 18.4 Å². The van der Waals surface area contributed by atoms with Gasteiger partial charge in [0, 0.05) is 17.8 Å². The molecule has 10 nitrogen and oxygen atoms in total. The van der Waals surface area contributed by atoms with Crippen LogP contribution in [0.4, 0.5) is 25.0 Å². The monoisotopic (exact) mass is 609 g/mol. The van der Waals surface area contributed by atoms with E-state index in [2.05, 4.69) is 33.6 Å². The molecule has 1 aromatic carbocycles. The molecule has 2 heterocycles. The van der Waals surface area contributed by atoms with Crippen LogP contribution in [0, 0.1) is 0 Å². The number of ether oxygens (including phenoxy) is 5. The van der Waals surface area contributed by atoms with Crippen molar-refractivity contribution in [2.75, 3.05) is 37.7 Å². The van der Waals surface area contributed by atoms with Crippen molar-refractivity contribution in [1.29, 1.82) is 0 Å². The number of para-hydroxylation sites is 1. The van der Waals surface area contributed by atoms with Crippen LogP contribution < -0.4 is 19.7 Å². The minimum Gasteiger partial charge on any atom is -0.481 e. The molecule has 0 atom stereocenters. The van der Waals surface area contributed by atoms with Crippen LogP contribution in [0.1, 0.15) is 77.7 Å². The molecule has 0 bridgehead atoms. The molecule has 12 heteroatoms. The van der Waals surface area contributed by atoms with Gasteiger partial charge in [0.25, 0.3) is 0 Å². The Labute approximate surface area is 253 Å². The first-order chi connectivity index (χ1) is 20.7. The summed E-state index contributed by atoms with van der Waals surface area (Å²) in [6.45, 7) is 6.23. The Morgan fingerprint density at radius 3 is 2.26 bits per heavy atom. The zero-order valence-electron chi connectivity index (χ0n) is 25.9. The minimum absolute atomic E-state index is 0.0272. The molecule has 240 valence electrons. The fourth-order valence-electron chi connectivity index (χ4n) is 4.73. The van der Waals surface area contributed by atoms with E-state index in [0.29, 0.717) is 13.2 Å². The van der Waals surface area contributed by atoms with Gasteiger partial charge in [0.05, 0.1) is 33.9 Å². The van der Waals surface area contributed by atoms with E-state index in [1.165, 1.54) is 26.4 Å². The number of benzene rings is 1. The number of amides is 2. The Balaban J connectivity index is 0.000000451. The molecule has 1 N–H and O–H groups in total. The molecule has 1 saturated heterocycles. The maximum Gasteiger partial charge on any atom is 0.388 e. The number of hydrogen-bond donors (Lipinski definition) is 1. The topological polar surface area (TPSA) is 108 Å². The summed E-state index contributed by atoms with van der Waals surface area (Å²) in [7, 11) is 2.72. The van der Waals surface area contributed by atoms with Crippen molar-refractivity contribution in [1.82, 2.24) is 4.98 Å². The van der Waals surface area contributed by atoms with Crippen LogP contribution >= 0.6 is 0 Å². The van der Waals surface area contributed by atoms with E-state index in [1.54, 1.807) is 4.90 Å². The number of nitrogens with one attached hydrogen (secondary N) is 1. The summed E-state index contributed by atoms with van der Waals surface area (Å²) in [4.78, 5) is 29.8. The van der Waals surface area contributed by atoms with Gasteiger partial charge in [-0.2, -0.15) is 13.8 Å². The Morgan fingerprint density at radius 1 is 1.02 bits per heavy atom. The summed E-state index contributed by atoms with van der Waals surface area (Å²) in [5.41, 5.74) is 1.95. The van der Waals surface area contributed by atoms with Crippen molar-refractivity contribution < 1.29 is 42.1 Å². The average molecular weight is 610 g/mol. The van der Waals surface area contributed by atoms with Crippen molar-refractivity contribution in [3.63, 3.8) is 0 Å². The number of rotatable bonds is 9. The van der Waals surface area contributed by atoms with E-state index < -0.39 is 12.6 Å². The lowest BCUT2D eigenvalue weighted by Gasteiger charge is -2.36. The number of halogens is 2. The van der Waals surface area contributed by atoms with Gasteiger partial charge in [-0.1, -0.05) is 65.2 Å². The molecular weight excluding hydrogens is 564 g/mol. The first kappa shape index (κ1) is 35.7. The van der Waals surface area contributed by atoms with Gasteiger partial charge < -0.3 is 29.0 Å². The van der Waals surface area contributed by atoms with Gasteiger partial charge in [-0.25, -0.2) is 4.79 Å². The summed E-state index contributed by atoms with van der Waals surface area (Å²) in [5.74, 6) is -0.353. The number of hydrogen-bond acceptors (Lipinski definition) is 8. The Bertz CT molecular complexity index is 1120. The van der Waals surface area contributed by atoms with Crippen molar-refractivity contribution >= 4 is 23.4 Å². The zero-order chi connectivity index (χ0) is 31.8. The molecule has 2 aromatic rings. The van der Waals surface area contributed by atoms with Crippen LogP contribution in [0.15, 0.2) is 36.4 Å². The number of nitrogens with zero attached hydrogens (tertiary/aromatic N) is 2. The lowest BCUT2D eigenvalue weighted by molar-refractivity contribution is -0.149. The number of alkyl halides is 2. The van der Waals surface area contributed by atoms with Crippen LogP contribution in [0.3, 0.4) is 0 Å². The molecular formula is C31H45F2N3O7. The number of urea groups is 1. The number of carbonyl (C=O) groups is 2. The van der Waals surface area contributed by atoms with Crippen molar-refractivity contribution in [2.45, 2.75) is 91.1 Å². The summed E-state index contributed by atoms with van der Waals surface area (Å²) in [6.07, 6.45) is 4.82. The molecule has 1 aliphatic carbocycles. The summed E-state index contributed by atoms with van der Waals surface area (Å²) in [6, 6.07) is 10.4. The second-order valence-corrected chi connectivity index (χ2v) is 9.84. The highest BCUT2D eigenvalue weighted by atomic mass is 19.3. The predicted octanol–water partition coefficient (Wildman–Crippen LogP) is 7.13. The number of carbonyl (C=O) groups excluding carboxylic acids is 2. The van der Waals surface area contributed by atoms with Crippen LogP contribution in [-0.4, -0.2) is 63.4 Å². The van der Waals surface area contributed by atoms with Gasteiger partial charge in [-0.3, -0.25) is 9.69 Å². The number of methoxy groups -OCH3 is 2. The smallest absolute Gasteiger partial charge is 0.388 e. The number of esters is 1. The SMILES string of the molecule is CC.COC(=O)CC1OCCO1.COc1ccc(NC(=O)N(c2ccccc2C(C)C)C2CCCCC2)c(OC(F)F)n1. The lowest BCUT2D eigenvalue weighted by Crippen LogP contribution is -2.44. The Morgan fingerprint density at radius 2 is 1.67 bits per heavy atom. The predicted molar refractivity (Wildman–Crippen MR) is 160 cm³/mol. The van der Waals surface area contributed by atoms with Crippen LogP contribution in [0.2, 0.25) is 0 Å². The first-order valence-electron chi connectivity index (χ1n) is 14.7. The molecule has 1 aliphatic heterocycles. The largest absolute Gasteiger partial charge is 0.481 e. The lowest BCUT2D eigenvalue weighted by atomic mass is 9.92. The van der Waals surface area contributed by atoms with Gasteiger partial charge in [0.1, 0.15) is 5.69 Å². The van der Waals surface area contributed by atoms with Crippen LogP contribution in [0.5, 0.6) is 11.8 Å². The highest BCUT2D eigenvalue weighted by Crippen LogP contribution is 2.35. The van der Waals surface area contributed by atoms with E-state index in [-0.39, 0.29) is 48.1 Å². The molecule has 0 spiro atoms. The fourth-order valence-corrected chi connectivity index (χ4v) is 4.73. The van der Waals surface area contributed by atoms with E-state index >= 15 is 0 Å². The third-order valence-corrected chi connectivity index (χ3v) is 6.71. The third-order valence-electron chi connectivity index (χ3n) is 6.71. The maximum absolute atomic E-state index is 13.5. The summed E-state index contributed by atoms with van der Waals surface area (Å²) in [5, 5.41) is 2.74. The molecule has 2 amide bonds. The highest BCUT2D eigenvalue weighted by Gasteiger charge is 2.30. The standard InChI is InChI=1S/C23H29F2N3O3.C6H10O4.C2H6/c1-15(2)17-11-7-8-12-19(17)28(16-9-5-4-6-10-16)23(29)26-18-13-14-20(30-3)27-21(18)31-22(24)25;1-8-5(7)4-6-9-2-3-10-6;1-2/h7-8,11-16,22H,4-6,9-10H2,1-3H3,(H,26,29);6H,2-4H2,1H3;1-2H3. The van der Waals surface area contributed by atoms with Crippen LogP contribution in [-0.2, 0) is 19.0 Å². The van der Waals surface area contributed by atoms with Gasteiger partial charge >= 0.3 is 18.6 Å². The zero-order valence-corrected chi connectivity index (χ0v) is 25.9. The van der Waals surface area contributed by atoms with Crippen molar-refractivity contribution in [2.24, 2.45) is 0 Å². The quantitative estimate of drug-likeness (QED) is 0.299. The maximum atomic E-state index is 13.5. The molecule has 0 radical (unpaired) electrons. The van der Waals surface area contributed by atoms with Crippen molar-refractivity contribution in [3.05, 3.63) is 42.0 Å². The third kappa shape index (κ3) is 11.3. The second kappa shape index (κ2) is 18.9. The van der Waals surface area contributed by atoms with E-state index in [1.807, 2.05) is 38.1 Å². The Hall–Kier alpha value is -3.51. The molecule has 43 heavy (non-hydrogen) atoms. The first-order valence-corrected chi connectivity index (χ1v) is 14.7. The fraction of sp³-hybridized carbons (Fsp3) is 0.581. The van der Waals surface area contributed by atoms with Crippen molar-refractivity contribution in [3.8, 4) is 11.8 Å². The average Bonchev–Trinajstić information content (AvgIpc) is 3.53. The second-order valence-electron chi connectivity index (χ2n) is 9.84. The highest BCUT2D eigenvalue weighted by molar-refractivity contribution is 6.03. The minimum atomic E-state index is -3.08. The molecule has 1 saturated carbocycles. The number of aromatic nitrogens is 1. The summed E-state index contributed by atoms with van der Waals surface area (Å²) < 4.78 is 49.7. The molecule has 1 aromatic heterocycles. The van der Waals surface area contributed by atoms with Gasteiger partial charge in [0.2, 0.25) is 11.8 Å². The van der Waals surface area contributed by atoms with Crippen LogP contribution in [0.25, 0.3) is 0 Å². The van der Waals surface area contributed by atoms with Gasteiger partial charge in [0.15, 0.2) is 6.29 Å². The molecule has 4 rings (SSSR count). The Kier molecular flexibility index (Phi) is 15.7. The van der Waals surface area contributed by atoms with E-state index in [0.717, 1.165) is 43.4 Å². The number of pyridine rings is 1. The molecule has 0 unspecified atom stereocenters. The number of anilines is 2. The molecule has 2 fully saturated rings. The van der Waals surface area contributed by atoms with E-state index in [4.69, 9.17) is 14.2 Å².